The van der Waals surface area contributed by atoms with Crippen LogP contribution in [0.25, 0.3) is 11.4 Å². The van der Waals surface area contributed by atoms with Gasteiger partial charge in [0.15, 0.2) is 9.84 Å². The maximum Gasteiger partial charge on any atom is 0.231 e. The van der Waals surface area contributed by atoms with Crippen molar-refractivity contribution in [3.8, 4) is 11.4 Å². The highest BCUT2D eigenvalue weighted by molar-refractivity contribution is 7.93. The molecule has 4 rings (SSSR count). The Morgan fingerprint density at radius 1 is 1.27 bits per heavy atom. The largest absolute Gasteiger partial charge is 0.339 e. The minimum Gasteiger partial charge on any atom is -0.339 e. The molecule has 7 nitrogen and oxygen atoms in total. The number of nitrogens with zero attached hydrogens (tertiary/aromatic N) is 3. The van der Waals surface area contributed by atoms with Gasteiger partial charge in [0.25, 0.3) is 0 Å². The third-order valence-corrected chi connectivity index (χ3v) is 7.98. The van der Waals surface area contributed by atoms with Gasteiger partial charge in [0.1, 0.15) is 4.75 Å². The molecule has 2 fully saturated rings. The van der Waals surface area contributed by atoms with Gasteiger partial charge in [-0.15, -0.1) is 0 Å². The molecule has 1 aromatic heterocycles. The lowest BCUT2D eigenvalue weighted by molar-refractivity contribution is -0.140. The average molecular weight is 375 g/mol. The Morgan fingerprint density at radius 3 is 2.62 bits per heavy atom. The smallest absolute Gasteiger partial charge is 0.231 e. The van der Waals surface area contributed by atoms with E-state index in [1.54, 1.807) is 4.90 Å². The Morgan fingerprint density at radius 2 is 1.96 bits per heavy atom. The van der Waals surface area contributed by atoms with E-state index in [0.29, 0.717) is 18.1 Å². The van der Waals surface area contributed by atoms with E-state index in [1.807, 2.05) is 44.2 Å². The van der Waals surface area contributed by atoms with Crippen LogP contribution in [0, 0.1) is 5.92 Å². The molecule has 1 atom stereocenters. The summed E-state index contributed by atoms with van der Waals surface area (Å²) in [7, 11) is -3.32. The van der Waals surface area contributed by atoms with Gasteiger partial charge in [0.05, 0.1) is 11.7 Å². The van der Waals surface area contributed by atoms with Crippen LogP contribution in [0.3, 0.4) is 0 Å². The molecule has 8 heteroatoms. The van der Waals surface area contributed by atoms with Gasteiger partial charge in [-0.05, 0) is 6.42 Å². The monoisotopic (exact) mass is 375 g/mol. The first-order chi connectivity index (χ1) is 12.3. The maximum absolute atomic E-state index is 12.7. The van der Waals surface area contributed by atoms with Gasteiger partial charge >= 0.3 is 0 Å². The molecule has 0 bridgehead atoms. The third kappa shape index (κ3) is 2.46. The molecule has 2 aromatic rings. The highest BCUT2D eigenvalue weighted by Crippen LogP contribution is 2.49. The summed E-state index contributed by atoms with van der Waals surface area (Å²) in [5.74, 6) is 0.351. The number of carbonyl (C=O) groups is 1. The number of hydrogen-bond donors (Lipinski definition) is 0. The van der Waals surface area contributed by atoms with Crippen LogP contribution in [-0.4, -0.2) is 53.0 Å². The number of likely N-dealkylation sites (tertiary alicyclic amines) is 1. The fourth-order valence-corrected chi connectivity index (χ4v) is 6.23. The van der Waals surface area contributed by atoms with E-state index < -0.39 is 14.6 Å². The Kier molecular flexibility index (Phi) is 3.91. The molecule has 1 unspecified atom stereocenters. The van der Waals surface area contributed by atoms with Gasteiger partial charge in [-0.3, -0.25) is 4.79 Å². The van der Waals surface area contributed by atoms with Crippen molar-refractivity contribution in [3.63, 3.8) is 0 Å². The molecule has 1 aromatic carbocycles. The van der Waals surface area contributed by atoms with Crippen LogP contribution in [0.1, 0.15) is 32.1 Å². The van der Waals surface area contributed by atoms with Crippen LogP contribution in [0.2, 0.25) is 0 Å². The Bertz CT molecular complexity index is 930. The summed E-state index contributed by atoms with van der Waals surface area (Å²) in [4.78, 5) is 18.3. The fraction of sp³-hybridized carbons (Fsp3) is 0.500. The Balaban J connectivity index is 1.63. The van der Waals surface area contributed by atoms with Gasteiger partial charge in [0.2, 0.25) is 17.6 Å². The predicted molar refractivity (Wildman–Crippen MR) is 95.0 cm³/mol. The standard InChI is InChI=1S/C18H21N3O4S/c1-12(2)17(22)21-10-18(11-21)14(8-9-26(18,23)24)16-19-15(20-25-16)13-6-4-3-5-7-13/h3-7,12,14H,8-11H2,1-2H3. The van der Waals surface area contributed by atoms with Gasteiger partial charge in [0, 0.05) is 24.6 Å². The van der Waals surface area contributed by atoms with Gasteiger partial charge in [-0.25, -0.2) is 8.42 Å². The number of amides is 1. The Labute approximate surface area is 152 Å². The van der Waals surface area contributed by atoms with Crippen LogP contribution in [-0.2, 0) is 14.6 Å². The van der Waals surface area contributed by atoms with Crippen LogP contribution < -0.4 is 0 Å². The van der Waals surface area contributed by atoms with Crippen LogP contribution in [0.4, 0.5) is 0 Å². The molecular weight excluding hydrogens is 354 g/mol. The van der Waals surface area contributed by atoms with Crippen molar-refractivity contribution >= 4 is 15.7 Å². The third-order valence-electron chi connectivity index (χ3n) is 5.42. The van der Waals surface area contributed by atoms with E-state index in [-0.39, 0.29) is 36.6 Å². The molecule has 1 spiro atoms. The molecule has 1 amide bonds. The summed E-state index contributed by atoms with van der Waals surface area (Å²) < 4.78 is 29.9. The van der Waals surface area contributed by atoms with E-state index in [4.69, 9.17) is 4.52 Å². The van der Waals surface area contributed by atoms with E-state index >= 15 is 0 Å². The van der Waals surface area contributed by atoms with Gasteiger partial charge in [-0.1, -0.05) is 49.3 Å². The van der Waals surface area contributed by atoms with Crippen molar-refractivity contribution < 1.29 is 17.7 Å². The molecule has 0 saturated carbocycles. The first-order valence-corrected chi connectivity index (χ1v) is 10.4. The molecule has 0 N–H and O–H groups in total. The Hall–Kier alpha value is -2.22. The summed E-state index contributed by atoms with van der Waals surface area (Å²) >= 11 is 0. The normalized spacial score (nSPS) is 23.3. The average Bonchev–Trinajstić information content (AvgIpc) is 3.15. The van der Waals surface area contributed by atoms with Crippen molar-refractivity contribution in [1.82, 2.24) is 15.0 Å². The zero-order valence-electron chi connectivity index (χ0n) is 14.8. The van der Waals surface area contributed by atoms with Crippen molar-refractivity contribution in [2.24, 2.45) is 5.92 Å². The van der Waals surface area contributed by atoms with Crippen molar-refractivity contribution in [1.29, 1.82) is 0 Å². The molecule has 26 heavy (non-hydrogen) atoms. The maximum atomic E-state index is 12.7. The summed E-state index contributed by atoms with van der Waals surface area (Å²) in [5.41, 5.74) is 0.822. The number of benzene rings is 1. The van der Waals surface area contributed by atoms with Crippen LogP contribution in [0.15, 0.2) is 34.9 Å². The highest BCUT2D eigenvalue weighted by Gasteiger charge is 2.64. The fourth-order valence-electron chi connectivity index (χ4n) is 3.92. The molecular formula is C18H21N3O4S. The van der Waals surface area contributed by atoms with Crippen LogP contribution >= 0.6 is 0 Å². The van der Waals surface area contributed by atoms with Crippen LogP contribution in [0.5, 0.6) is 0 Å². The summed E-state index contributed by atoms with van der Waals surface area (Å²) in [6.45, 7) is 4.05. The molecule has 2 saturated heterocycles. The molecule has 0 aliphatic carbocycles. The number of aromatic nitrogens is 2. The number of sulfone groups is 1. The summed E-state index contributed by atoms with van der Waals surface area (Å²) in [5, 5.41) is 4.02. The number of rotatable bonds is 3. The SMILES string of the molecule is CC(C)C(=O)N1CC2(C1)C(c1nc(-c3ccccc3)no1)CCS2(=O)=O. The summed E-state index contributed by atoms with van der Waals surface area (Å²) in [6, 6.07) is 9.42. The number of hydrogen-bond acceptors (Lipinski definition) is 6. The zero-order chi connectivity index (χ0) is 18.5. The summed E-state index contributed by atoms with van der Waals surface area (Å²) in [6.07, 6.45) is 0.447. The minimum atomic E-state index is -3.32. The minimum absolute atomic E-state index is 0.0213. The molecule has 3 heterocycles. The van der Waals surface area contributed by atoms with Gasteiger partial charge < -0.3 is 9.42 Å². The van der Waals surface area contributed by atoms with E-state index in [1.165, 1.54) is 0 Å². The zero-order valence-corrected chi connectivity index (χ0v) is 15.6. The number of carbonyl (C=O) groups excluding carboxylic acids is 1. The topological polar surface area (TPSA) is 93.4 Å². The first-order valence-electron chi connectivity index (χ1n) is 8.74. The second kappa shape index (κ2) is 5.90. The predicted octanol–water partition coefficient (Wildman–Crippen LogP) is 1.88. The molecule has 2 aliphatic rings. The quantitative estimate of drug-likeness (QED) is 0.813. The van der Waals surface area contributed by atoms with Crippen molar-refractivity contribution in [2.75, 3.05) is 18.8 Å². The van der Waals surface area contributed by atoms with Gasteiger partial charge in [-0.2, -0.15) is 4.98 Å². The lowest BCUT2D eigenvalue weighted by Gasteiger charge is -2.49. The molecule has 2 aliphatic heterocycles. The molecule has 138 valence electrons. The van der Waals surface area contributed by atoms with Crippen molar-refractivity contribution in [3.05, 3.63) is 36.2 Å². The highest BCUT2D eigenvalue weighted by atomic mass is 32.2. The second-order valence-corrected chi connectivity index (χ2v) is 9.85. The lowest BCUT2D eigenvalue weighted by atomic mass is 9.82. The lowest BCUT2D eigenvalue weighted by Crippen LogP contribution is -2.68. The van der Waals surface area contributed by atoms with E-state index in [9.17, 15) is 13.2 Å². The second-order valence-electron chi connectivity index (χ2n) is 7.40. The van der Waals surface area contributed by atoms with E-state index in [0.717, 1.165) is 5.56 Å². The molecule has 0 radical (unpaired) electrons. The van der Waals surface area contributed by atoms with E-state index in [2.05, 4.69) is 10.1 Å². The first kappa shape index (κ1) is 17.2. The van der Waals surface area contributed by atoms with Crippen molar-refractivity contribution in [2.45, 2.75) is 30.9 Å².